The second kappa shape index (κ2) is 3.02. The van der Waals surface area contributed by atoms with E-state index in [0.29, 0.717) is 0 Å². The van der Waals surface area contributed by atoms with Crippen LogP contribution in [-0.4, -0.2) is 16.9 Å². The summed E-state index contributed by atoms with van der Waals surface area (Å²) < 4.78 is 0. The maximum absolute atomic E-state index is 10.3. The average Bonchev–Trinajstić information content (AvgIpc) is 1.63. The van der Waals surface area contributed by atoms with Gasteiger partial charge >= 0.3 is 5.97 Å². The van der Waals surface area contributed by atoms with Crippen molar-refractivity contribution >= 4 is 11.8 Å². The lowest BCUT2D eigenvalue weighted by molar-refractivity contribution is -0.136. The summed E-state index contributed by atoms with van der Waals surface area (Å²) in [7, 11) is 0. The standard InChI is InChI=1S/C6H8O3/c1-4(5(2)7)3-6(8)9/h1,3H2,2H3,(H,8,9). The molecule has 0 unspecified atom stereocenters. The van der Waals surface area contributed by atoms with Gasteiger partial charge in [0.1, 0.15) is 0 Å². The van der Waals surface area contributed by atoms with Crippen LogP contribution in [0.5, 0.6) is 0 Å². The van der Waals surface area contributed by atoms with Gasteiger partial charge in [0.2, 0.25) is 0 Å². The molecule has 50 valence electrons. The fourth-order valence-electron chi connectivity index (χ4n) is 0.307. The van der Waals surface area contributed by atoms with E-state index >= 15 is 0 Å². The van der Waals surface area contributed by atoms with Crippen molar-refractivity contribution < 1.29 is 14.7 Å². The maximum Gasteiger partial charge on any atom is 0.307 e. The first-order valence-electron chi connectivity index (χ1n) is 2.44. The van der Waals surface area contributed by atoms with Crippen molar-refractivity contribution in [2.45, 2.75) is 13.3 Å². The number of carbonyl (C=O) groups is 2. The lowest BCUT2D eigenvalue weighted by atomic mass is 10.1. The van der Waals surface area contributed by atoms with Gasteiger partial charge in [0.15, 0.2) is 5.78 Å². The van der Waals surface area contributed by atoms with Gasteiger partial charge in [-0.25, -0.2) is 0 Å². The summed E-state index contributed by atoms with van der Waals surface area (Å²) in [6.45, 7) is 4.56. The number of carboxylic acids is 1. The average molecular weight is 128 g/mol. The third-order valence-electron chi connectivity index (χ3n) is 0.863. The highest BCUT2D eigenvalue weighted by Crippen LogP contribution is 1.97. The highest BCUT2D eigenvalue weighted by molar-refractivity contribution is 5.96. The Morgan fingerprint density at radius 1 is 1.56 bits per heavy atom. The number of hydrogen-bond acceptors (Lipinski definition) is 2. The Morgan fingerprint density at radius 2 is 2.00 bits per heavy atom. The Balaban J connectivity index is 3.79. The molecule has 0 radical (unpaired) electrons. The predicted octanol–water partition coefficient (Wildman–Crippen LogP) is 0.606. The van der Waals surface area contributed by atoms with Gasteiger partial charge in [0.05, 0.1) is 6.42 Å². The summed E-state index contributed by atoms with van der Waals surface area (Å²) in [5.41, 5.74) is 0.141. The molecular weight excluding hydrogens is 120 g/mol. The van der Waals surface area contributed by atoms with E-state index in [1.807, 2.05) is 0 Å². The van der Waals surface area contributed by atoms with Gasteiger partial charge in [-0.3, -0.25) is 9.59 Å². The number of carboxylic acid groups (broad SMARTS) is 1. The zero-order valence-electron chi connectivity index (χ0n) is 5.18. The van der Waals surface area contributed by atoms with E-state index in [0.717, 1.165) is 0 Å². The third kappa shape index (κ3) is 3.46. The van der Waals surface area contributed by atoms with Crippen LogP contribution in [0.1, 0.15) is 13.3 Å². The van der Waals surface area contributed by atoms with Crippen molar-refractivity contribution in [1.82, 2.24) is 0 Å². The fraction of sp³-hybridized carbons (Fsp3) is 0.333. The second-order valence-electron chi connectivity index (χ2n) is 1.73. The Kier molecular flexibility index (Phi) is 2.64. The number of ketones is 1. The fourth-order valence-corrected chi connectivity index (χ4v) is 0.307. The van der Waals surface area contributed by atoms with Crippen molar-refractivity contribution in [3.05, 3.63) is 12.2 Å². The van der Waals surface area contributed by atoms with Gasteiger partial charge in [-0.1, -0.05) is 6.58 Å². The van der Waals surface area contributed by atoms with E-state index in [9.17, 15) is 9.59 Å². The van der Waals surface area contributed by atoms with E-state index < -0.39 is 5.97 Å². The quantitative estimate of drug-likeness (QED) is 0.566. The van der Waals surface area contributed by atoms with Crippen LogP contribution in [-0.2, 0) is 9.59 Å². The van der Waals surface area contributed by atoms with Gasteiger partial charge in [-0.15, -0.1) is 0 Å². The molecule has 3 heteroatoms. The maximum atomic E-state index is 10.3. The zero-order valence-corrected chi connectivity index (χ0v) is 5.18. The van der Waals surface area contributed by atoms with Crippen LogP contribution < -0.4 is 0 Å². The van der Waals surface area contributed by atoms with E-state index in [2.05, 4.69) is 6.58 Å². The van der Waals surface area contributed by atoms with Crippen molar-refractivity contribution in [1.29, 1.82) is 0 Å². The third-order valence-corrected chi connectivity index (χ3v) is 0.863. The molecule has 0 aromatic heterocycles. The van der Waals surface area contributed by atoms with Crippen molar-refractivity contribution in [3.63, 3.8) is 0 Å². The molecule has 0 bridgehead atoms. The molecule has 3 nitrogen and oxygen atoms in total. The molecule has 0 rings (SSSR count). The van der Waals surface area contributed by atoms with E-state index in [4.69, 9.17) is 5.11 Å². The van der Waals surface area contributed by atoms with Crippen LogP contribution in [0.2, 0.25) is 0 Å². The minimum Gasteiger partial charge on any atom is -0.481 e. The second-order valence-corrected chi connectivity index (χ2v) is 1.73. The Hall–Kier alpha value is -1.12. The SMILES string of the molecule is C=C(CC(=O)O)C(C)=O. The molecule has 0 aromatic carbocycles. The predicted molar refractivity (Wildman–Crippen MR) is 32.1 cm³/mol. The number of aliphatic carboxylic acids is 1. The first kappa shape index (κ1) is 7.88. The smallest absolute Gasteiger partial charge is 0.307 e. The Morgan fingerprint density at radius 3 is 2.11 bits per heavy atom. The molecule has 9 heavy (non-hydrogen) atoms. The number of hydrogen-bond donors (Lipinski definition) is 1. The topological polar surface area (TPSA) is 54.4 Å². The molecule has 0 heterocycles. The molecule has 0 aromatic rings. The van der Waals surface area contributed by atoms with E-state index in [1.54, 1.807) is 0 Å². The molecule has 0 aliphatic rings. The summed E-state index contributed by atoms with van der Waals surface area (Å²) in [5.74, 6) is -1.28. The molecule has 0 aliphatic carbocycles. The minimum atomic E-state index is -1.02. The van der Waals surface area contributed by atoms with Gasteiger partial charge in [0.25, 0.3) is 0 Å². The first-order valence-corrected chi connectivity index (χ1v) is 2.44. The van der Waals surface area contributed by atoms with Crippen LogP contribution in [0.3, 0.4) is 0 Å². The molecule has 0 amide bonds. The number of rotatable bonds is 3. The van der Waals surface area contributed by atoms with Crippen LogP contribution in [0.4, 0.5) is 0 Å². The van der Waals surface area contributed by atoms with Gasteiger partial charge < -0.3 is 5.11 Å². The molecule has 0 fully saturated rings. The van der Waals surface area contributed by atoms with E-state index in [1.165, 1.54) is 6.92 Å². The molecule has 0 spiro atoms. The largest absolute Gasteiger partial charge is 0.481 e. The minimum absolute atomic E-state index is 0.141. The van der Waals surface area contributed by atoms with Gasteiger partial charge in [0, 0.05) is 0 Å². The summed E-state index contributed by atoms with van der Waals surface area (Å²) in [6, 6.07) is 0. The molecule has 0 atom stereocenters. The van der Waals surface area contributed by atoms with Crippen LogP contribution in [0, 0.1) is 0 Å². The van der Waals surface area contributed by atoms with E-state index in [-0.39, 0.29) is 17.8 Å². The number of carbonyl (C=O) groups excluding carboxylic acids is 1. The van der Waals surface area contributed by atoms with Gasteiger partial charge in [-0.05, 0) is 12.5 Å². The number of Topliss-reactive ketones (excluding diaryl/α,β-unsaturated/α-hetero) is 1. The molecule has 0 saturated heterocycles. The highest BCUT2D eigenvalue weighted by Gasteiger charge is 2.04. The van der Waals surface area contributed by atoms with Gasteiger partial charge in [-0.2, -0.15) is 0 Å². The molecule has 0 saturated carbocycles. The normalized spacial score (nSPS) is 8.56. The molecule has 1 N–H and O–H groups in total. The summed E-state index contributed by atoms with van der Waals surface area (Å²) in [6.07, 6.45) is -0.255. The Bertz CT molecular complexity index is 158. The summed E-state index contributed by atoms with van der Waals surface area (Å²) in [5, 5.41) is 8.12. The lowest BCUT2D eigenvalue weighted by Gasteiger charge is -1.92. The van der Waals surface area contributed by atoms with Crippen LogP contribution in [0.15, 0.2) is 12.2 Å². The molecule has 0 aliphatic heterocycles. The summed E-state index contributed by atoms with van der Waals surface area (Å²) in [4.78, 5) is 20.2. The summed E-state index contributed by atoms with van der Waals surface area (Å²) >= 11 is 0. The monoisotopic (exact) mass is 128 g/mol. The van der Waals surface area contributed by atoms with Crippen molar-refractivity contribution in [3.8, 4) is 0 Å². The van der Waals surface area contributed by atoms with Crippen molar-refractivity contribution in [2.75, 3.05) is 0 Å². The molecular formula is C6H8O3. The lowest BCUT2D eigenvalue weighted by Crippen LogP contribution is -2.02. The van der Waals surface area contributed by atoms with Crippen molar-refractivity contribution in [2.24, 2.45) is 0 Å². The Labute approximate surface area is 53.0 Å². The zero-order chi connectivity index (χ0) is 7.44. The van der Waals surface area contributed by atoms with Crippen LogP contribution in [0.25, 0.3) is 0 Å². The van der Waals surface area contributed by atoms with Crippen LogP contribution >= 0.6 is 0 Å². The highest BCUT2D eigenvalue weighted by atomic mass is 16.4. The first-order chi connectivity index (χ1) is 4.04.